The van der Waals surface area contributed by atoms with Crippen LogP contribution in [0.3, 0.4) is 0 Å². The smallest absolute Gasteiger partial charge is 0.322 e. The number of rotatable bonds is 7. The molecule has 0 fully saturated rings. The summed E-state index contributed by atoms with van der Waals surface area (Å²) in [4.78, 5) is 32.2. The third kappa shape index (κ3) is 5.72. The lowest BCUT2D eigenvalue weighted by Crippen LogP contribution is -2.52. The largest absolute Gasteiger partial charge is 0.493 e. The summed E-state index contributed by atoms with van der Waals surface area (Å²) in [7, 11) is 0. The summed E-state index contributed by atoms with van der Waals surface area (Å²) in [6, 6.07) is 20.2. The minimum absolute atomic E-state index is 0.0309. The highest BCUT2D eigenvalue weighted by molar-refractivity contribution is 6.64. The molecule has 3 aromatic carbocycles. The molecule has 1 heterocycles. The molecule has 5 nitrogen and oxygen atoms in total. The monoisotopic (exact) mass is 584 g/mol. The average Bonchev–Trinajstić information content (AvgIpc) is 2.88. The molecule has 39 heavy (non-hydrogen) atoms. The molecule has 0 radical (unpaired) electrons. The van der Waals surface area contributed by atoms with E-state index < -0.39 is 16.3 Å². The number of aliphatic imine (C=N–C) groups is 1. The van der Waals surface area contributed by atoms with Gasteiger partial charge in [-0.2, -0.15) is 0 Å². The molecule has 4 rings (SSSR count). The molecular weight excluding hydrogens is 555 g/mol. The van der Waals surface area contributed by atoms with Crippen LogP contribution in [0.1, 0.15) is 69.3 Å². The van der Waals surface area contributed by atoms with Crippen molar-refractivity contribution in [2.45, 2.75) is 58.0 Å². The Hall–Kier alpha value is -2.86. The van der Waals surface area contributed by atoms with Gasteiger partial charge >= 0.3 is 5.37 Å². The van der Waals surface area contributed by atoms with Gasteiger partial charge in [0.2, 0.25) is 0 Å². The Bertz CT molecular complexity index is 1420. The zero-order valence-corrected chi connectivity index (χ0v) is 24.9. The first kappa shape index (κ1) is 29.1. The zero-order valence-electron chi connectivity index (χ0n) is 22.6. The van der Waals surface area contributed by atoms with Crippen LogP contribution in [0.25, 0.3) is 0 Å². The molecule has 0 spiro atoms. The molecule has 2 atom stereocenters. The van der Waals surface area contributed by atoms with Gasteiger partial charge in [-0.3, -0.25) is 19.5 Å². The number of nitrogens with zero attached hydrogens (tertiary/aromatic N) is 2. The molecule has 0 aliphatic carbocycles. The minimum Gasteiger partial charge on any atom is -0.493 e. The second-order valence-electron chi connectivity index (χ2n) is 10.4. The molecule has 0 aromatic heterocycles. The van der Waals surface area contributed by atoms with Crippen LogP contribution in [0, 0.1) is 0 Å². The number of carbonyl (C=O) groups is 2. The first-order valence-electron chi connectivity index (χ1n) is 12.8. The number of Topliss-reactive ketones (excluding diaryl/α,β-unsaturated/α-hetero) is 1. The fourth-order valence-corrected chi connectivity index (χ4v) is 5.45. The van der Waals surface area contributed by atoms with Crippen LogP contribution in [-0.4, -0.2) is 28.5 Å². The van der Waals surface area contributed by atoms with Crippen molar-refractivity contribution in [2.24, 2.45) is 4.99 Å². The van der Waals surface area contributed by atoms with Gasteiger partial charge in [-0.1, -0.05) is 53.5 Å². The van der Waals surface area contributed by atoms with Gasteiger partial charge in [0.15, 0.2) is 0 Å². The van der Waals surface area contributed by atoms with Crippen molar-refractivity contribution in [3.63, 3.8) is 0 Å². The van der Waals surface area contributed by atoms with E-state index in [-0.39, 0.29) is 11.8 Å². The van der Waals surface area contributed by atoms with E-state index in [2.05, 4.69) is 0 Å². The van der Waals surface area contributed by atoms with Crippen LogP contribution in [0.5, 0.6) is 5.75 Å². The molecule has 0 unspecified atom stereocenters. The number of benzene rings is 3. The Kier molecular flexibility index (Phi) is 8.46. The molecule has 204 valence electrons. The molecular formula is C31H31Cl3N2O3. The number of hydrogen-bond donors (Lipinski definition) is 0. The summed E-state index contributed by atoms with van der Waals surface area (Å²) >= 11 is 18.7. The molecule has 1 aliphatic rings. The van der Waals surface area contributed by atoms with E-state index in [4.69, 9.17) is 44.5 Å². The highest BCUT2D eigenvalue weighted by atomic mass is 35.5. The standard InChI is InChI=1S/C31H31Cl3N2O3/c1-6-39-27-17-22(30(3,4)19(2)37)11-16-25(27)28-35-26(20-7-12-23(32)13-8-20)18-31(5,36(28)29(34)38)21-9-14-24(33)15-10-21/h7-17,26H,6,18H2,1-5H3/t26-,31-/m0/s1. The van der Waals surface area contributed by atoms with Crippen LogP contribution < -0.4 is 4.74 Å². The number of amides is 1. The van der Waals surface area contributed by atoms with Crippen molar-refractivity contribution in [1.29, 1.82) is 0 Å². The third-order valence-electron chi connectivity index (χ3n) is 7.60. The maximum Gasteiger partial charge on any atom is 0.322 e. The van der Waals surface area contributed by atoms with Crippen LogP contribution in [0.4, 0.5) is 4.79 Å². The Labute approximate surface area is 244 Å². The molecule has 0 bridgehead atoms. The molecule has 3 aromatic rings. The SMILES string of the molecule is CCOc1cc(C(C)(C)C(C)=O)ccc1C1=N[C@H](c2ccc(Cl)cc2)C[C@@](C)(c2ccc(Cl)cc2)N1C(=O)Cl. The second kappa shape index (κ2) is 11.3. The van der Waals surface area contributed by atoms with Crippen LogP contribution in [-0.2, 0) is 15.7 Å². The zero-order chi connectivity index (χ0) is 28.5. The number of ether oxygens (including phenoxy) is 1. The Morgan fingerprint density at radius 2 is 1.62 bits per heavy atom. The summed E-state index contributed by atoms with van der Waals surface area (Å²) in [6.45, 7) is 9.56. The van der Waals surface area contributed by atoms with Gasteiger partial charge in [-0.05, 0) is 99.3 Å². The summed E-state index contributed by atoms with van der Waals surface area (Å²) in [6.07, 6.45) is 0.470. The summed E-state index contributed by atoms with van der Waals surface area (Å²) in [5.74, 6) is 0.930. The average molecular weight is 586 g/mol. The fraction of sp³-hybridized carbons (Fsp3) is 0.323. The summed E-state index contributed by atoms with van der Waals surface area (Å²) in [5, 5.41) is 0.544. The van der Waals surface area contributed by atoms with Gasteiger partial charge in [0.25, 0.3) is 0 Å². The Morgan fingerprint density at radius 3 is 2.15 bits per heavy atom. The Morgan fingerprint density at radius 1 is 1.03 bits per heavy atom. The molecule has 0 saturated heterocycles. The normalized spacial score (nSPS) is 19.4. The van der Waals surface area contributed by atoms with E-state index in [0.717, 1.165) is 16.7 Å². The van der Waals surface area contributed by atoms with Crippen LogP contribution in [0.15, 0.2) is 71.7 Å². The van der Waals surface area contributed by atoms with Gasteiger partial charge in [-0.25, -0.2) is 0 Å². The first-order chi connectivity index (χ1) is 18.4. The van der Waals surface area contributed by atoms with Gasteiger partial charge in [0.05, 0.1) is 23.8 Å². The number of carbonyl (C=O) groups excluding carboxylic acids is 2. The van der Waals surface area contributed by atoms with Crippen LogP contribution in [0.2, 0.25) is 10.0 Å². The molecule has 0 N–H and O–H groups in total. The lowest BCUT2D eigenvalue weighted by molar-refractivity contribution is -0.121. The summed E-state index contributed by atoms with van der Waals surface area (Å²) in [5.41, 5.74) is 1.63. The van der Waals surface area contributed by atoms with Crippen molar-refractivity contribution in [2.75, 3.05) is 6.61 Å². The number of halogens is 3. The molecule has 8 heteroatoms. The van der Waals surface area contributed by atoms with Gasteiger partial charge in [0, 0.05) is 21.9 Å². The lowest BCUT2D eigenvalue weighted by Gasteiger charge is -2.46. The van der Waals surface area contributed by atoms with Gasteiger partial charge < -0.3 is 4.74 Å². The molecule has 1 aliphatic heterocycles. The van der Waals surface area contributed by atoms with Gasteiger partial charge in [-0.15, -0.1) is 0 Å². The second-order valence-corrected chi connectivity index (χ2v) is 11.6. The van der Waals surface area contributed by atoms with Crippen molar-refractivity contribution < 1.29 is 14.3 Å². The maximum absolute atomic E-state index is 13.2. The number of amidine groups is 1. The third-order valence-corrected chi connectivity index (χ3v) is 8.27. The van der Waals surface area contributed by atoms with Crippen molar-refractivity contribution in [1.82, 2.24) is 4.90 Å². The first-order valence-corrected chi connectivity index (χ1v) is 13.9. The lowest BCUT2D eigenvalue weighted by atomic mass is 9.79. The fourth-order valence-electron chi connectivity index (χ4n) is 4.93. The quantitative estimate of drug-likeness (QED) is 0.206. The molecule has 1 amide bonds. The highest BCUT2D eigenvalue weighted by Crippen LogP contribution is 2.46. The predicted molar refractivity (Wildman–Crippen MR) is 159 cm³/mol. The predicted octanol–water partition coefficient (Wildman–Crippen LogP) is 8.73. The Balaban J connectivity index is 1.97. The van der Waals surface area contributed by atoms with Crippen molar-refractivity contribution >= 4 is 51.8 Å². The van der Waals surface area contributed by atoms with E-state index >= 15 is 0 Å². The van der Waals surface area contributed by atoms with Crippen molar-refractivity contribution in [3.05, 3.63) is 99.0 Å². The van der Waals surface area contributed by atoms with Crippen LogP contribution >= 0.6 is 34.8 Å². The van der Waals surface area contributed by atoms with E-state index in [0.29, 0.717) is 40.2 Å². The van der Waals surface area contributed by atoms with E-state index in [1.165, 1.54) is 4.90 Å². The highest BCUT2D eigenvalue weighted by Gasteiger charge is 2.46. The van der Waals surface area contributed by atoms with Crippen molar-refractivity contribution in [3.8, 4) is 5.75 Å². The minimum atomic E-state index is -0.869. The van der Waals surface area contributed by atoms with E-state index in [1.807, 2.05) is 82.3 Å². The van der Waals surface area contributed by atoms with Gasteiger partial charge in [0.1, 0.15) is 17.4 Å². The molecule has 0 saturated carbocycles. The summed E-state index contributed by atoms with van der Waals surface area (Å²) < 4.78 is 6.07. The number of ketones is 1. The van der Waals surface area contributed by atoms with E-state index in [1.54, 1.807) is 19.1 Å². The van der Waals surface area contributed by atoms with E-state index in [9.17, 15) is 9.59 Å². The topological polar surface area (TPSA) is 59.0 Å². The number of hydrogen-bond acceptors (Lipinski definition) is 4. The maximum atomic E-state index is 13.2.